The van der Waals surface area contributed by atoms with Crippen LogP contribution in [0.4, 0.5) is 5.69 Å². The highest BCUT2D eigenvalue weighted by Gasteiger charge is 2.19. The van der Waals surface area contributed by atoms with Crippen LogP contribution in [-0.2, 0) is 11.3 Å². The van der Waals surface area contributed by atoms with Gasteiger partial charge in [0.25, 0.3) is 0 Å². The lowest BCUT2D eigenvalue weighted by Gasteiger charge is -2.36. The average molecular weight is 426 g/mol. The topological polar surface area (TPSA) is 56.6 Å². The number of nitrogens with zero attached hydrogens (tertiary/aromatic N) is 3. The molecule has 5 heteroatoms. The van der Waals surface area contributed by atoms with Crippen LogP contribution in [0.2, 0.25) is 0 Å². The Bertz CT molecular complexity index is 1110. The molecule has 0 radical (unpaired) electrons. The SMILES string of the molecule is CCOC(=O)c1ccc(N2CCN(Cc3ccccc3-c3cccc(C#N)c3)CC2)cc1. The Morgan fingerprint density at radius 1 is 0.969 bits per heavy atom. The zero-order valence-electron chi connectivity index (χ0n) is 18.3. The van der Waals surface area contributed by atoms with Crippen molar-refractivity contribution in [1.29, 1.82) is 5.26 Å². The molecule has 0 bridgehead atoms. The van der Waals surface area contributed by atoms with Crippen molar-refractivity contribution < 1.29 is 9.53 Å². The van der Waals surface area contributed by atoms with E-state index >= 15 is 0 Å². The second-order valence-electron chi connectivity index (χ2n) is 7.88. The lowest BCUT2D eigenvalue weighted by atomic mass is 9.98. The van der Waals surface area contributed by atoms with Gasteiger partial charge in [-0.05, 0) is 60.0 Å². The molecular formula is C27H27N3O2. The van der Waals surface area contributed by atoms with Crippen molar-refractivity contribution in [2.24, 2.45) is 0 Å². The number of nitriles is 1. The number of hydrogen-bond donors (Lipinski definition) is 0. The van der Waals surface area contributed by atoms with E-state index in [4.69, 9.17) is 4.74 Å². The van der Waals surface area contributed by atoms with Crippen LogP contribution in [-0.4, -0.2) is 43.7 Å². The first-order valence-electron chi connectivity index (χ1n) is 11.0. The third-order valence-electron chi connectivity index (χ3n) is 5.83. The molecule has 0 amide bonds. The molecule has 0 N–H and O–H groups in total. The summed E-state index contributed by atoms with van der Waals surface area (Å²) in [4.78, 5) is 16.7. The van der Waals surface area contributed by atoms with Crippen molar-refractivity contribution in [2.45, 2.75) is 13.5 Å². The summed E-state index contributed by atoms with van der Waals surface area (Å²) in [6.07, 6.45) is 0. The zero-order chi connectivity index (χ0) is 22.3. The smallest absolute Gasteiger partial charge is 0.338 e. The minimum Gasteiger partial charge on any atom is -0.462 e. The summed E-state index contributed by atoms with van der Waals surface area (Å²) in [5.41, 5.74) is 5.94. The summed E-state index contributed by atoms with van der Waals surface area (Å²) in [5.74, 6) is -0.275. The van der Waals surface area contributed by atoms with Crippen LogP contribution >= 0.6 is 0 Å². The highest BCUT2D eigenvalue weighted by molar-refractivity contribution is 5.89. The standard InChI is InChI=1S/C27H27N3O2/c1-2-32-27(31)22-10-12-25(13-11-22)30-16-14-29(15-17-30)20-24-7-3-4-9-26(24)23-8-5-6-21(18-23)19-28/h3-13,18H,2,14-17,20H2,1H3. The molecule has 5 nitrogen and oxygen atoms in total. The van der Waals surface area contributed by atoms with Crippen molar-refractivity contribution in [2.75, 3.05) is 37.7 Å². The third-order valence-corrected chi connectivity index (χ3v) is 5.83. The van der Waals surface area contributed by atoms with Gasteiger partial charge in [0.05, 0.1) is 23.8 Å². The van der Waals surface area contributed by atoms with Crippen LogP contribution in [0.3, 0.4) is 0 Å². The molecule has 1 fully saturated rings. The summed E-state index contributed by atoms with van der Waals surface area (Å²) in [5, 5.41) is 9.24. The number of rotatable bonds is 6. The number of carbonyl (C=O) groups excluding carboxylic acids is 1. The quantitative estimate of drug-likeness (QED) is 0.535. The van der Waals surface area contributed by atoms with Crippen LogP contribution in [0.1, 0.15) is 28.4 Å². The molecule has 0 atom stereocenters. The number of hydrogen-bond acceptors (Lipinski definition) is 5. The van der Waals surface area contributed by atoms with Crippen LogP contribution < -0.4 is 4.90 Å². The van der Waals surface area contributed by atoms with E-state index in [0.717, 1.165) is 44.0 Å². The third kappa shape index (κ3) is 4.99. The molecular weight excluding hydrogens is 398 g/mol. The minimum atomic E-state index is -0.275. The van der Waals surface area contributed by atoms with Gasteiger partial charge in [-0.3, -0.25) is 4.90 Å². The minimum absolute atomic E-state index is 0.275. The van der Waals surface area contributed by atoms with Gasteiger partial charge in [-0.25, -0.2) is 4.79 Å². The second-order valence-corrected chi connectivity index (χ2v) is 7.88. The number of carbonyl (C=O) groups is 1. The van der Waals surface area contributed by atoms with Crippen LogP contribution in [0, 0.1) is 11.3 Å². The van der Waals surface area contributed by atoms with Gasteiger partial charge in [-0.2, -0.15) is 5.26 Å². The maximum absolute atomic E-state index is 11.9. The summed E-state index contributed by atoms with van der Waals surface area (Å²) in [7, 11) is 0. The fraction of sp³-hybridized carbons (Fsp3) is 0.259. The zero-order valence-corrected chi connectivity index (χ0v) is 18.3. The van der Waals surface area contributed by atoms with Crippen molar-refractivity contribution in [1.82, 2.24) is 4.90 Å². The lowest BCUT2D eigenvalue weighted by Crippen LogP contribution is -2.46. The predicted octanol–water partition coefficient (Wildman–Crippen LogP) is 4.72. The van der Waals surface area contributed by atoms with Gasteiger partial charge in [-0.15, -0.1) is 0 Å². The van der Waals surface area contributed by atoms with Crippen LogP contribution in [0.25, 0.3) is 11.1 Å². The predicted molar refractivity (Wildman–Crippen MR) is 126 cm³/mol. The molecule has 3 aromatic carbocycles. The molecule has 1 saturated heterocycles. The summed E-state index contributed by atoms with van der Waals surface area (Å²) >= 11 is 0. The molecule has 1 aliphatic heterocycles. The number of ether oxygens (including phenoxy) is 1. The molecule has 162 valence electrons. The highest BCUT2D eigenvalue weighted by atomic mass is 16.5. The van der Waals surface area contributed by atoms with Gasteiger partial charge < -0.3 is 9.64 Å². The van der Waals surface area contributed by atoms with E-state index in [0.29, 0.717) is 17.7 Å². The molecule has 3 aromatic rings. The normalized spacial score (nSPS) is 14.1. The van der Waals surface area contributed by atoms with E-state index in [-0.39, 0.29) is 5.97 Å². The van der Waals surface area contributed by atoms with Gasteiger partial charge in [0.1, 0.15) is 0 Å². The number of piperazine rings is 1. The van der Waals surface area contributed by atoms with E-state index in [9.17, 15) is 10.1 Å². The lowest BCUT2D eigenvalue weighted by molar-refractivity contribution is 0.0526. The Kier molecular flexibility index (Phi) is 6.84. The average Bonchev–Trinajstić information content (AvgIpc) is 2.85. The molecule has 1 aliphatic rings. The Morgan fingerprint density at radius 3 is 2.44 bits per heavy atom. The molecule has 32 heavy (non-hydrogen) atoms. The summed E-state index contributed by atoms with van der Waals surface area (Å²) < 4.78 is 5.06. The molecule has 0 unspecified atom stereocenters. The van der Waals surface area contributed by atoms with E-state index in [1.165, 1.54) is 11.1 Å². The maximum atomic E-state index is 11.9. The summed E-state index contributed by atoms with van der Waals surface area (Å²) in [6, 6.07) is 26.1. The number of benzene rings is 3. The first-order chi connectivity index (χ1) is 15.7. The fourth-order valence-electron chi connectivity index (χ4n) is 4.12. The van der Waals surface area contributed by atoms with E-state index in [2.05, 4.69) is 46.2 Å². The van der Waals surface area contributed by atoms with Crippen LogP contribution in [0.5, 0.6) is 0 Å². The van der Waals surface area contributed by atoms with Gasteiger partial charge in [0.2, 0.25) is 0 Å². The molecule has 0 aromatic heterocycles. The van der Waals surface area contributed by atoms with E-state index in [1.54, 1.807) is 0 Å². The van der Waals surface area contributed by atoms with Crippen molar-refractivity contribution in [3.8, 4) is 17.2 Å². The van der Waals surface area contributed by atoms with E-state index in [1.807, 2.05) is 49.4 Å². The largest absolute Gasteiger partial charge is 0.462 e. The van der Waals surface area contributed by atoms with Gasteiger partial charge in [-0.1, -0.05) is 36.4 Å². The number of esters is 1. The molecule has 0 aliphatic carbocycles. The van der Waals surface area contributed by atoms with E-state index < -0.39 is 0 Å². The Hall–Kier alpha value is -3.62. The van der Waals surface area contributed by atoms with Crippen molar-refractivity contribution >= 4 is 11.7 Å². The van der Waals surface area contributed by atoms with Gasteiger partial charge in [0, 0.05) is 38.4 Å². The maximum Gasteiger partial charge on any atom is 0.338 e. The monoisotopic (exact) mass is 425 g/mol. The molecule has 4 rings (SSSR count). The van der Waals surface area contributed by atoms with Crippen molar-refractivity contribution in [3.63, 3.8) is 0 Å². The van der Waals surface area contributed by atoms with Crippen LogP contribution in [0.15, 0.2) is 72.8 Å². The van der Waals surface area contributed by atoms with Crippen molar-refractivity contribution in [3.05, 3.63) is 89.5 Å². The second kappa shape index (κ2) is 10.1. The molecule has 1 heterocycles. The molecule has 0 spiro atoms. The Labute approximate surface area is 189 Å². The molecule has 0 saturated carbocycles. The highest BCUT2D eigenvalue weighted by Crippen LogP contribution is 2.26. The summed E-state index contributed by atoms with van der Waals surface area (Å²) in [6.45, 7) is 6.87. The Balaban J connectivity index is 1.40. The number of anilines is 1. The first-order valence-corrected chi connectivity index (χ1v) is 11.0. The first kappa shape index (κ1) is 21.6. The van der Waals surface area contributed by atoms with Gasteiger partial charge in [0.15, 0.2) is 0 Å². The van der Waals surface area contributed by atoms with Gasteiger partial charge >= 0.3 is 5.97 Å². The Morgan fingerprint density at radius 2 is 1.72 bits per heavy atom. The fourth-order valence-corrected chi connectivity index (χ4v) is 4.12.